The van der Waals surface area contributed by atoms with Crippen molar-refractivity contribution in [3.8, 4) is 5.75 Å². The average molecular weight is 348 g/mol. The van der Waals surface area contributed by atoms with Gasteiger partial charge in [-0.05, 0) is 19.9 Å². The minimum Gasteiger partial charge on any atom is -0.506 e. The first-order valence-corrected chi connectivity index (χ1v) is 7.53. The van der Waals surface area contributed by atoms with E-state index in [-0.39, 0.29) is 11.3 Å². The second-order valence-electron chi connectivity index (χ2n) is 5.60. The Morgan fingerprint density at radius 1 is 1.16 bits per heavy atom. The molecule has 1 aromatic carbocycles. The fourth-order valence-electron chi connectivity index (χ4n) is 2.57. The van der Waals surface area contributed by atoms with E-state index in [2.05, 4.69) is 20.3 Å². The summed E-state index contributed by atoms with van der Waals surface area (Å²) in [6.45, 7) is 3.30. The van der Waals surface area contributed by atoms with Crippen LogP contribution < -0.4 is 5.32 Å². The molecule has 0 saturated heterocycles. The number of nitrogens with one attached hydrogen (secondary N) is 1. The van der Waals surface area contributed by atoms with Gasteiger partial charge in [-0.3, -0.25) is 0 Å². The smallest absolute Gasteiger partial charge is 0.266 e. The third-order valence-electron chi connectivity index (χ3n) is 3.76. The fourth-order valence-corrected chi connectivity index (χ4v) is 2.57. The molecular formula is C17H15F3N4O. The lowest BCUT2D eigenvalue weighted by atomic mass is 10.0. The van der Waals surface area contributed by atoms with Crippen molar-refractivity contribution in [2.24, 2.45) is 0 Å². The first-order chi connectivity index (χ1) is 11.9. The lowest BCUT2D eigenvalue weighted by Crippen LogP contribution is -2.12. The van der Waals surface area contributed by atoms with Gasteiger partial charge in [0.2, 0.25) is 0 Å². The van der Waals surface area contributed by atoms with Crippen molar-refractivity contribution >= 4 is 16.9 Å². The minimum absolute atomic E-state index is 0.0680. The molecule has 0 aliphatic carbocycles. The van der Waals surface area contributed by atoms with Gasteiger partial charge in [-0.15, -0.1) is 0 Å². The number of aromatic hydroxyl groups is 1. The van der Waals surface area contributed by atoms with E-state index >= 15 is 0 Å². The molecule has 2 N–H and O–H groups in total. The summed E-state index contributed by atoms with van der Waals surface area (Å²) >= 11 is 0. The summed E-state index contributed by atoms with van der Waals surface area (Å²) in [5, 5.41) is 13.1. The van der Waals surface area contributed by atoms with Crippen LogP contribution in [0.1, 0.15) is 36.3 Å². The van der Waals surface area contributed by atoms with Gasteiger partial charge in [-0.2, -0.15) is 0 Å². The molecule has 2 heterocycles. The fraction of sp³-hybridized carbons (Fsp3) is 0.235. The molecule has 3 aromatic rings. The van der Waals surface area contributed by atoms with Crippen LogP contribution in [0.5, 0.6) is 5.75 Å². The van der Waals surface area contributed by atoms with Crippen LogP contribution in [0.3, 0.4) is 0 Å². The maximum absolute atomic E-state index is 14.3. The van der Waals surface area contributed by atoms with E-state index in [1.54, 1.807) is 13.8 Å². The molecule has 0 unspecified atom stereocenters. The summed E-state index contributed by atoms with van der Waals surface area (Å²) in [4.78, 5) is 12.4. The van der Waals surface area contributed by atoms with E-state index in [1.807, 2.05) is 0 Å². The molecule has 8 heteroatoms. The van der Waals surface area contributed by atoms with Gasteiger partial charge in [-0.1, -0.05) is 18.2 Å². The summed E-state index contributed by atoms with van der Waals surface area (Å²) in [6, 6.07) is 4.67. The van der Waals surface area contributed by atoms with E-state index in [1.165, 1.54) is 24.4 Å². The molecule has 0 aliphatic heterocycles. The van der Waals surface area contributed by atoms with Crippen molar-refractivity contribution in [3.63, 3.8) is 0 Å². The highest BCUT2D eigenvalue weighted by Crippen LogP contribution is 2.30. The Morgan fingerprint density at radius 3 is 2.60 bits per heavy atom. The number of aryl methyl sites for hydroxylation is 1. The van der Waals surface area contributed by atoms with Crippen molar-refractivity contribution in [2.45, 2.75) is 26.3 Å². The second-order valence-corrected chi connectivity index (χ2v) is 5.60. The van der Waals surface area contributed by atoms with Gasteiger partial charge in [-0.25, -0.2) is 28.1 Å². The molecule has 3 rings (SSSR count). The summed E-state index contributed by atoms with van der Waals surface area (Å²) in [6.07, 6.45) is -1.64. The van der Waals surface area contributed by atoms with Crippen LogP contribution in [0.15, 0.2) is 30.5 Å². The largest absolute Gasteiger partial charge is 0.506 e. The van der Waals surface area contributed by atoms with E-state index in [4.69, 9.17) is 0 Å². The maximum Gasteiger partial charge on any atom is 0.266 e. The molecule has 0 fully saturated rings. The van der Waals surface area contributed by atoms with Gasteiger partial charge in [0, 0.05) is 5.56 Å². The van der Waals surface area contributed by atoms with Gasteiger partial charge in [0.15, 0.2) is 5.65 Å². The number of aromatic nitrogens is 3. The predicted octanol–water partition coefficient (Wildman–Crippen LogP) is 4.29. The van der Waals surface area contributed by atoms with Crippen LogP contribution in [0.2, 0.25) is 0 Å². The summed E-state index contributed by atoms with van der Waals surface area (Å²) in [5.41, 5.74) is -0.189. The Hall–Kier alpha value is -2.90. The Bertz CT molecular complexity index is 933. The topological polar surface area (TPSA) is 70.9 Å². The summed E-state index contributed by atoms with van der Waals surface area (Å²) in [7, 11) is 0. The van der Waals surface area contributed by atoms with Crippen LogP contribution in [0.25, 0.3) is 11.0 Å². The number of anilines is 1. The van der Waals surface area contributed by atoms with E-state index in [0.29, 0.717) is 22.7 Å². The molecule has 0 saturated carbocycles. The molecule has 0 amide bonds. The number of fused-ring (bicyclic) bond motifs is 1. The number of pyridine rings is 1. The number of hydrogen-bond acceptors (Lipinski definition) is 5. The van der Waals surface area contributed by atoms with Crippen LogP contribution >= 0.6 is 0 Å². The van der Waals surface area contributed by atoms with Crippen molar-refractivity contribution in [2.75, 3.05) is 5.32 Å². The first kappa shape index (κ1) is 16.9. The third kappa shape index (κ3) is 3.33. The third-order valence-corrected chi connectivity index (χ3v) is 3.76. The number of nitrogens with zero attached hydrogens (tertiary/aromatic N) is 3. The molecular weight excluding hydrogens is 333 g/mol. The highest BCUT2D eigenvalue weighted by Gasteiger charge is 2.20. The highest BCUT2D eigenvalue weighted by molar-refractivity contribution is 5.87. The molecule has 130 valence electrons. The minimum atomic E-state index is -2.89. The summed E-state index contributed by atoms with van der Waals surface area (Å²) in [5.74, 6) is -0.252. The summed E-state index contributed by atoms with van der Waals surface area (Å²) < 4.78 is 40.1. The number of halogens is 3. The molecule has 5 nitrogen and oxygen atoms in total. The van der Waals surface area contributed by atoms with Crippen molar-refractivity contribution < 1.29 is 18.3 Å². The molecule has 0 radical (unpaired) electrons. The van der Waals surface area contributed by atoms with Crippen LogP contribution in [0, 0.1) is 12.7 Å². The van der Waals surface area contributed by atoms with Gasteiger partial charge in [0.1, 0.15) is 23.2 Å². The predicted molar refractivity (Wildman–Crippen MR) is 87.1 cm³/mol. The zero-order valence-electron chi connectivity index (χ0n) is 13.5. The Morgan fingerprint density at radius 2 is 1.88 bits per heavy atom. The van der Waals surface area contributed by atoms with E-state index in [0.717, 1.165) is 6.07 Å². The van der Waals surface area contributed by atoms with Crippen molar-refractivity contribution in [3.05, 3.63) is 53.2 Å². The Kier molecular flexibility index (Phi) is 4.43. The van der Waals surface area contributed by atoms with Crippen LogP contribution in [-0.2, 0) is 0 Å². The van der Waals surface area contributed by atoms with Gasteiger partial charge in [0.25, 0.3) is 6.43 Å². The van der Waals surface area contributed by atoms with Crippen LogP contribution in [0.4, 0.5) is 19.0 Å². The lowest BCUT2D eigenvalue weighted by molar-refractivity contribution is 0.146. The zero-order chi connectivity index (χ0) is 18.1. The van der Waals surface area contributed by atoms with Crippen molar-refractivity contribution in [1.29, 1.82) is 0 Å². The van der Waals surface area contributed by atoms with Gasteiger partial charge < -0.3 is 10.4 Å². The Labute approximate surface area is 141 Å². The quantitative estimate of drug-likeness (QED) is 0.736. The van der Waals surface area contributed by atoms with Gasteiger partial charge >= 0.3 is 0 Å². The number of rotatable bonds is 4. The van der Waals surface area contributed by atoms with Gasteiger partial charge in [0.05, 0.1) is 23.2 Å². The molecule has 0 aliphatic rings. The molecule has 0 spiro atoms. The highest BCUT2D eigenvalue weighted by atomic mass is 19.3. The number of hydrogen-bond donors (Lipinski definition) is 2. The van der Waals surface area contributed by atoms with E-state index < -0.39 is 23.8 Å². The normalized spacial score (nSPS) is 12.6. The lowest BCUT2D eigenvalue weighted by Gasteiger charge is -2.18. The molecule has 0 bridgehead atoms. The second kappa shape index (κ2) is 6.54. The average Bonchev–Trinajstić information content (AvgIpc) is 2.55. The monoisotopic (exact) mass is 348 g/mol. The van der Waals surface area contributed by atoms with Crippen LogP contribution in [-0.4, -0.2) is 20.1 Å². The first-order valence-electron chi connectivity index (χ1n) is 7.53. The SMILES string of the molecule is Cc1nc(N[C@H](C)c2cccc(C(F)F)c2F)c2cc(O)cnc2n1. The number of alkyl halides is 2. The molecule has 1 atom stereocenters. The molecule has 25 heavy (non-hydrogen) atoms. The zero-order valence-corrected chi connectivity index (χ0v) is 13.5. The standard InChI is InChI=1S/C17H15F3N4O/c1-8(11-4-3-5-12(14(11)18)15(19)20)22-17-13-6-10(25)7-21-16(13)23-9(2)24-17/h3-8,15,25H,1-2H3,(H,21,22,23,24)/t8-/m1/s1. The Balaban J connectivity index is 2.02. The van der Waals surface area contributed by atoms with Crippen molar-refractivity contribution in [1.82, 2.24) is 15.0 Å². The maximum atomic E-state index is 14.3. The number of benzene rings is 1. The molecule has 2 aromatic heterocycles. The van der Waals surface area contributed by atoms with E-state index in [9.17, 15) is 18.3 Å².